The largest absolute Gasteiger partial charge is 0.408 e. The third kappa shape index (κ3) is 4.19. The summed E-state index contributed by atoms with van der Waals surface area (Å²) in [6, 6.07) is -1.48. The maximum Gasteiger partial charge on any atom is 0.408 e. The minimum absolute atomic E-state index is 0.0661. The van der Waals surface area contributed by atoms with Crippen molar-refractivity contribution in [2.24, 2.45) is 0 Å². The van der Waals surface area contributed by atoms with E-state index in [1.807, 2.05) is 0 Å². The highest BCUT2D eigenvalue weighted by atomic mass is 32.1. The molecule has 11 heavy (non-hydrogen) atoms. The van der Waals surface area contributed by atoms with Crippen LogP contribution in [0.25, 0.3) is 0 Å². The molecule has 0 aliphatic rings. The Bertz CT molecular complexity index is 123. The van der Waals surface area contributed by atoms with Crippen molar-refractivity contribution in [2.45, 2.75) is 32.0 Å². The molecule has 0 saturated heterocycles. The number of nitrogens with one attached hydrogen (secondary N) is 1. The predicted octanol–water partition coefficient (Wildman–Crippen LogP) is 2.26. The van der Waals surface area contributed by atoms with E-state index in [0.717, 1.165) is 5.49 Å². The molecule has 1 N–H and O–H groups in total. The molecule has 0 spiro atoms. The first-order chi connectivity index (χ1) is 5.02. The fraction of sp³-hybridized carbons (Fsp3) is 0.833. The number of hydrogen-bond donors (Lipinski definition) is 1. The van der Waals surface area contributed by atoms with Crippen molar-refractivity contribution in [3.63, 3.8) is 0 Å². The summed E-state index contributed by atoms with van der Waals surface area (Å²) in [5.41, 5.74) is 0.911. The number of halogens is 3. The molecule has 0 bridgehead atoms. The van der Waals surface area contributed by atoms with Gasteiger partial charge in [-0.15, -0.1) is 0 Å². The highest BCUT2D eigenvalue weighted by Gasteiger charge is 2.37. The monoisotopic (exact) mass is 185 g/mol. The van der Waals surface area contributed by atoms with E-state index in [9.17, 15) is 13.2 Å². The predicted molar refractivity (Wildman–Crippen MR) is 41.5 cm³/mol. The summed E-state index contributed by atoms with van der Waals surface area (Å²) in [5.74, 6) is 0. The van der Waals surface area contributed by atoms with Crippen molar-refractivity contribution in [2.75, 3.05) is 0 Å². The van der Waals surface area contributed by atoms with Crippen LogP contribution in [0, 0.1) is 0 Å². The zero-order valence-corrected chi connectivity index (χ0v) is 6.93. The second-order valence-electron chi connectivity index (χ2n) is 2.17. The van der Waals surface area contributed by atoms with Gasteiger partial charge in [-0.1, -0.05) is 25.6 Å². The van der Waals surface area contributed by atoms with Crippen LogP contribution in [0.3, 0.4) is 0 Å². The van der Waals surface area contributed by atoms with E-state index < -0.39 is 12.2 Å². The number of rotatable bonds is 4. The Morgan fingerprint density at radius 2 is 2.09 bits per heavy atom. The number of hydrogen-bond acceptors (Lipinski definition) is 1. The van der Waals surface area contributed by atoms with Crippen LogP contribution in [0.15, 0.2) is 0 Å². The first-order valence-corrected chi connectivity index (χ1v) is 3.76. The molecule has 5 heteroatoms. The van der Waals surface area contributed by atoms with Gasteiger partial charge in [-0.3, -0.25) is 0 Å². The van der Waals surface area contributed by atoms with Crippen LogP contribution in [0.5, 0.6) is 0 Å². The molecule has 1 atom stereocenters. The highest BCUT2D eigenvalue weighted by Crippen LogP contribution is 2.22. The third-order valence-corrected chi connectivity index (χ3v) is 1.38. The first-order valence-electron chi connectivity index (χ1n) is 3.28. The zero-order valence-electron chi connectivity index (χ0n) is 6.11. The van der Waals surface area contributed by atoms with Gasteiger partial charge in [0, 0.05) is 0 Å². The van der Waals surface area contributed by atoms with Crippen LogP contribution in [-0.2, 0) is 0 Å². The van der Waals surface area contributed by atoms with Gasteiger partial charge >= 0.3 is 6.18 Å². The Morgan fingerprint density at radius 1 is 1.55 bits per heavy atom. The van der Waals surface area contributed by atoms with Gasteiger partial charge in [0.1, 0.15) is 6.04 Å². The van der Waals surface area contributed by atoms with Crippen molar-refractivity contribution in [3.05, 3.63) is 0 Å². The maximum atomic E-state index is 12.0. The lowest BCUT2D eigenvalue weighted by atomic mass is 10.2. The standard InChI is InChI=1S/C6H10F3NS/c1-2-3-5(10-4-11)6(7,8)9/h4-5H,2-3H2,1H3,(H,10,11). The quantitative estimate of drug-likeness (QED) is 0.674. The van der Waals surface area contributed by atoms with Crippen molar-refractivity contribution >= 4 is 17.7 Å². The van der Waals surface area contributed by atoms with Crippen LogP contribution in [0.2, 0.25) is 0 Å². The van der Waals surface area contributed by atoms with Gasteiger partial charge in [0.25, 0.3) is 0 Å². The van der Waals surface area contributed by atoms with Gasteiger partial charge in [-0.05, 0) is 6.42 Å². The lowest BCUT2D eigenvalue weighted by Gasteiger charge is -2.18. The molecule has 0 aliphatic heterocycles. The van der Waals surface area contributed by atoms with E-state index in [1.54, 1.807) is 6.92 Å². The van der Waals surface area contributed by atoms with Crippen LogP contribution in [0.4, 0.5) is 13.2 Å². The summed E-state index contributed by atoms with van der Waals surface area (Å²) in [7, 11) is 0. The van der Waals surface area contributed by atoms with Gasteiger partial charge in [-0.25, -0.2) is 0 Å². The van der Waals surface area contributed by atoms with Gasteiger partial charge in [0.2, 0.25) is 0 Å². The smallest absolute Gasteiger partial charge is 0.371 e. The molecule has 0 aliphatic carbocycles. The van der Waals surface area contributed by atoms with E-state index in [-0.39, 0.29) is 6.42 Å². The minimum Gasteiger partial charge on any atom is -0.371 e. The third-order valence-electron chi connectivity index (χ3n) is 1.24. The zero-order chi connectivity index (χ0) is 8.91. The van der Waals surface area contributed by atoms with Gasteiger partial charge in [-0.2, -0.15) is 13.2 Å². The van der Waals surface area contributed by atoms with Gasteiger partial charge in [0.15, 0.2) is 0 Å². The Hall–Kier alpha value is -0.320. The van der Waals surface area contributed by atoms with Crippen molar-refractivity contribution in [3.8, 4) is 0 Å². The highest BCUT2D eigenvalue weighted by molar-refractivity contribution is 7.78. The number of alkyl halides is 3. The summed E-state index contributed by atoms with van der Waals surface area (Å²) in [5, 5.41) is 2.09. The summed E-state index contributed by atoms with van der Waals surface area (Å²) >= 11 is 4.28. The molecule has 0 rings (SSSR count). The molecule has 0 radical (unpaired) electrons. The molecule has 66 valence electrons. The second kappa shape index (κ2) is 4.54. The molecule has 0 amide bonds. The van der Waals surface area contributed by atoms with E-state index in [2.05, 4.69) is 17.5 Å². The maximum absolute atomic E-state index is 12.0. The molecular weight excluding hydrogens is 175 g/mol. The van der Waals surface area contributed by atoms with E-state index in [1.165, 1.54) is 0 Å². The molecule has 0 heterocycles. The van der Waals surface area contributed by atoms with Crippen molar-refractivity contribution in [1.82, 2.24) is 5.32 Å². The minimum atomic E-state index is -4.19. The molecule has 1 nitrogen and oxygen atoms in total. The Kier molecular flexibility index (Phi) is 4.40. The summed E-state index contributed by atoms with van der Waals surface area (Å²) < 4.78 is 35.9. The average Bonchev–Trinajstić information content (AvgIpc) is 1.85. The van der Waals surface area contributed by atoms with Crippen LogP contribution < -0.4 is 5.32 Å². The van der Waals surface area contributed by atoms with E-state index in [4.69, 9.17) is 0 Å². The molecule has 0 aromatic carbocycles. The molecule has 0 saturated carbocycles. The van der Waals surface area contributed by atoms with Crippen LogP contribution in [-0.4, -0.2) is 17.7 Å². The Balaban J connectivity index is 3.97. The van der Waals surface area contributed by atoms with E-state index in [0.29, 0.717) is 6.42 Å². The van der Waals surface area contributed by atoms with Crippen molar-refractivity contribution in [1.29, 1.82) is 0 Å². The summed E-state index contributed by atoms with van der Waals surface area (Å²) in [4.78, 5) is 0. The van der Waals surface area contributed by atoms with Crippen LogP contribution in [0.1, 0.15) is 19.8 Å². The normalized spacial score (nSPS) is 14.2. The Labute approximate surface area is 69.0 Å². The molecular formula is C6H10F3NS. The van der Waals surface area contributed by atoms with Crippen LogP contribution >= 0.6 is 12.2 Å². The fourth-order valence-corrected chi connectivity index (χ4v) is 0.877. The lowest BCUT2D eigenvalue weighted by Crippen LogP contribution is -2.40. The molecule has 0 aromatic heterocycles. The average molecular weight is 185 g/mol. The van der Waals surface area contributed by atoms with Crippen molar-refractivity contribution < 1.29 is 13.2 Å². The second-order valence-corrected chi connectivity index (χ2v) is 2.40. The lowest BCUT2D eigenvalue weighted by molar-refractivity contribution is -0.153. The number of thiocarbonyl (C=S) groups is 1. The Morgan fingerprint density at radius 3 is 2.36 bits per heavy atom. The first kappa shape index (κ1) is 10.7. The molecule has 0 fully saturated rings. The summed E-state index contributed by atoms with van der Waals surface area (Å²) in [6.45, 7) is 1.70. The molecule has 0 aromatic rings. The molecule has 1 unspecified atom stereocenters. The van der Waals surface area contributed by atoms with Gasteiger partial charge < -0.3 is 5.32 Å². The van der Waals surface area contributed by atoms with Gasteiger partial charge in [0.05, 0.1) is 5.49 Å². The van der Waals surface area contributed by atoms with E-state index >= 15 is 0 Å². The topological polar surface area (TPSA) is 12.0 Å². The SMILES string of the molecule is CCCC(NC=S)C(F)(F)F. The summed E-state index contributed by atoms with van der Waals surface area (Å²) in [6.07, 6.45) is -3.64. The fourth-order valence-electron chi connectivity index (χ4n) is 0.712.